The van der Waals surface area contributed by atoms with Gasteiger partial charge in [0.25, 0.3) is 5.91 Å². The number of amides is 1. The molecular weight excluding hydrogens is 383 g/mol. The minimum absolute atomic E-state index is 0.164. The molecule has 2 aromatic carbocycles. The van der Waals surface area contributed by atoms with Crippen molar-refractivity contribution in [1.29, 1.82) is 0 Å². The van der Waals surface area contributed by atoms with Gasteiger partial charge in [-0.15, -0.1) is 0 Å². The molecule has 6 heteroatoms. The fourth-order valence-corrected chi connectivity index (χ4v) is 3.72. The summed E-state index contributed by atoms with van der Waals surface area (Å²) in [6.07, 6.45) is 2.14. The summed E-state index contributed by atoms with van der Waals surface area (Å²) < 4.78 is 5.20. The van der Waals surface area contributed by atoms with E-state index in [0.717, 1.165) is 38.2 Å². The standard InChI is InChI=1S/C21H24Cl2N2O2/c1-27-18-5-2-16(3-6-18)14-25-10-8-15(9-11-25)13-24-21(26)19-12-17(22)4-7-20(19)23/h2-7,12,15H,8-11,13-14H2,1H3,(H,24,26). The number of nitrogens with zero attached hydrogens (tertiary/aromatic N) is 1. The third-order valence-corrected chi connectivity index (χ3v) is 5.56. The Hall–Kier alpha value is -1.75. The number of piperidine rings is 1. The molecule has 0 spiro atoms. The molecule has 0 saturated carbocycles. The van der Waals surface area contributed by atoms with Crippen LogP contribution in [0.4, 0.5) is 0 Å². The first-order valence-corrected chi connectivity index (χ1v) is 9.89. The van der Waals surface area contributed by atoms with Crippen molar-refractivity contribution in [2.24, 2.45) is 5.92 Å². The molecule has 144 valence electrons. The van der Waals surface area contributed by atoms with Crippen LogP contribution >= 0.6 is 23.2 Å². The Morgan fingerprint density at radius 3 is 2.52 bits per heavy atom. The molecule has 1 aliphatic heterocycles. The van der Waals surface area contributed by atoms with Crippen LogP contribution in [0.1, 0.15) is 28.8 Å². The Morgan fingerprint density at radius 1 is 1.15 bits per heavy atom. The lowest BCUT2D eigenvalue weighted by molar-refractivity contribution is 0.0935. The topological polar surface area (TPSA) is 41.6 Å². The average Bonchev–Trinajstić information content (AvgIpc) is 2.69. The van der Waals surface area contributed by atoms with Crippen molar-refractivity contribution < 1.29 is 9.53 Å². The van der Waals surface area contributed by atoms with Gasteiger partial charge in [0.05, 0.1) is 17.7 Å². The number of rotatable bonds is 6. The Balaban J connectivity index is 1.44. The molecule has 1 saturated heterocycles. The van der Waals surface area contributed by atoms with Crippen molar-refractivity contribution in [2.75, 3.05) is 26.7 Å². The van der Waals surface area contributed by atoms with Gasteiger partial charge in [0.2, 0.25) is 0 Å². The van der Waals surface area contributed by atoms with Crippen LogP contribution in [0.2, 0.25) is 10.0 Å². The number of carbonyl (C=O) groups is 1. The molecular formula is C21H24Cl2N2O2. The van der Waals surface area contributed by atoms with Crippen LogP contribution in [0.3, 0.4) is 0 Å². The van der Waals surface area contributed by atoms with Crippen LogP contribution in [0.25, 0.3) is 0 Å². The van der Waals surface area contributed by atoms with E-state index in [9.17, 15) is 4.79 Å². The van der Waals surface area contributed by atoms with Crippen molar-refractivity contribution in [2.45, 2.75) is 19.4 Å². The summed E-state index contributed by atoms with van der Waals surface area (Å²) in [4.78, 5) is 14.8. The van der Waals surface area contributed by atoms with Crippen molar-refractivity contribution in [3.8, 4) is 5.75 Å². The predicted octanol–water partition coefficient (Wildman–Crippen LogP) is 4.64. The average molecular weight is 407 g/mol. The first-order chi connectivity index (χ1) is 13.0. The smallest absolute Gasteiger partial charge is 0.252 e. The third kappa shape index (κ3) is 5.61. The Kier molecular flexibility index (Phi) is 7.00. The molecule has 0 aliphatic carbocycles. The molecule has 0 atom stereocenters. The van der Waals surface area contributed by atoms with Crippen molar-refractivity contribution >= 4 is 29.1 Å². The second-order valence-corrected chi connectivity index (χ2v) is 7.75. The molecule has 0 radical (unpaired) electrons. The summed E-state index contributed by atoms with van der Waals surface area (Å²) in [6, 6.07) is 13.2. The summed E-state index contributed by atoms with van der Waals surface area (Å²) in [5.74, 6) is 1.20. The van der Waals surface area contributed by atoms with E-state index in [2.05, 4.69) is 22.3 Å². The van der Waals surface area contributed by atoms with Gasteiger partial charge in [-0.25, -0.2) is 0 Å². The van der Waals surface area contributed by atoms with Gasteiger partial charge in [-0.2, -0.15) is 0 Å². The summed E-state index contributed by atoms with van der Waals surface area (Å²) in [7, 11) is 1.68. The fourth-order valence-electron chi connectivity index (χ4n) is 3.34. The molecule has 1 amide bonds. The number of likely N-dealkylation sites (tertiary alicyclic amines) is 1. The lowest BCUT2D eigenvalue weighted by atomic mass is 9.96. The number of ether oxygens (including phenoxy) is 1. The molecule has 4 nitrogen and oxygen atoms in total. The Morgan fingerprint density at radius 2 is 1.85 bits per heavy atom. The molecule has 2 aromatic rings. The van der Waals surface area contributed by atoms with Gasteiger partial charge in [0.15, 0.2) is 0 Å². The van der Waals surface area contributed by atoms with Gasteiger partial charge < -0.3 is 10.1 Å². The van der Waals surface area contributed by atoms with Crippen LogP contribution in [-0.2, 0) is 6.54 Å². The van der Waals surface area contributed by atoms with Crippen molar-refractivity contribution in [3.05, 3.63) is 63.6 Å². The molecule has 3 rings (SSSR count). The van der Waals surface area contributed by atoms with Crippen LogP contribution in [0, 0.1) is 5.92 Å². The van der Waals surface area contributed by atoms with E-state index in [1.165, 1.54) is 5.56 Å². The van der Waals surface area contributed by atoms with Gasteiger partial charge in [0.1, 0.15) is 5.75 Å². The van der Waals surface area contributed by atoms with E-state index in [-0.39, 0.29) is 5.91 Å². The van der Waals surface area contributed by atoms with E-state index in [1.54, 1.807) is 25.3 Å². The highest BCUT2D eigenvalue weighted by Crippen LogP contribution is 2.22. The summed E-state index contributed by atoms with van der Waals surface area (Å²) in [5.41, 5.74) is 1.72. The summed E-state index contributed by atoms with van der Waals surface area (Å²) in [6.45, 7) is 3.67. The van der Waals surface area contributed by atoms with E-state index in [0.29, 0.717) is 28.1 Å². The van der Waals surface area contributed by atoms with Crippen LogP contribution in [0.15, 0.2) is 42.5 Å². The second-order valence-electron chi connectivity index (χ2n) is 6.90. The minimum atomic E-state index is -0.164. The second kappa shape index (κ2) is 9.45. The molecule has 27 heavy (non-hydrogen) atoms. The Bertz CT molecular complexity index is 772. The number of nitrogens with one attached hydrogen (secondary N) is 1. The van der Waals surface area contributed by atoms with Crippen LogP contribution in [0.5, 0.6) is 5.75 Å². The van der Waals surface area contributed by atoms with Crippen LogP contribution < -0.4 is 10.1 Å². The zero-order chi connectivity index (χ0) is 19.2. The van der Waals surface area contributed by atoms with Gasteiger partial charge in [-0.05, 0) is 67.7 Å². The van der Waals surface area contributed by atoms with Crippen LogP contribution in [-0.4, -0.2) is 37.6 Å². The lowest BCUT2D eigenvalue weighted by Gasteiger charge is -2.32. The molecule has 1 heterocycles. The maximum atomic E-state index is 12.3. The zero-order valence-corrected chi connectivity index (χ0v) is 16.9. The van der Waals surface area contributed by atoms with Crippen molar-refractivity contribution in [3.63, 3.8) is 0 Å². The zero-order valence-electron chi connectivity index (χ0n) is 15.4. The highest BCUT2D eigenvalue weighted by Gasteiger charge is 2.20. The van der Waals surface area contributed by atoms with E-state index in [4.69, 9.17) is 27.9 Å². The van der Waals surface area contributed by atoms with Gasteiger partial charge in [-0.3, -0.25) is 9.69 Å². The predicted molar refractivity (Wildman–Crippen MR) is 110 cm³/mol. The van der Waals surface area contributed by atoms with Gasteiger partial charge in [0, 0.05) is 18.1 Å². The number of hydrogen-bond donors (Lipinski definition) is 1. The normalized spacial score (nSPS) is 15.5. The number of halogens is 2. The van der Waals surface area contributed by atoms with Crippen molar-refractivity contribution in [1.82, 2.24) is 10.2 Å². The summed E-state index contributed by atoms with van der Waals surface area (Å²) >= 11 is 12.1. The van der Waals surface area contributed by atoms with E-state index in [1.807, 2.05) is 12.1 Å². The quantitative estimate of drug-likeness (QED) is 0.759. The number of benzene rings is 2. The van der Waals surface area contributed by atoms with Gasteiger partial charge >= 0.3 is 0 Å². The monoisotopic (exact) mass is 406 g/mol. The highest BCUT2D eigenvalue weighted by atomic mass is 35.5. The molecule has 1 N–H and O–H groups in total. The SMILES string of the molecule is COc1ccc(CN2CCC(CNC(=O)c3cc(Cl)ccc3Cl)CC2)cc1. The molecule has 1 fully saturated rings. The summed E-state index contributed by atoms with van der Waals surface area (Å²) in [5, 5.41) is 3.93. The highest BCUT2D eigenvalue weighted by molar-refractivity contribution is 6.35. The number of methoxy groups -OCH3 is 1. The lowest BCUT2D eigenvalue weighted by Crippen LogP contribution is -2.38. The fraction of sp³-hybridized carbons (Fsp3) is 0.381. The van der Waals surface area contributed by atoms with Gasteiger partial charge in [-0.1, -0.05) is 35.3 Å². The Labute approximate surface area is 170 Å². The first kappa shape index (κ1) is 20.0. The minimum Gasteiger partial charge on any atom is -0.497 e. The molecule has 0 unspecified atom stereocenters. The largest absolute Gasteiger partial charge is 0.497 e. The number of hydrogen-bond acceptors (Lipinski definition) is 3. The third-order valence-electron chi connectivity index (χ3n) is 5.00. The first-order valence-electron chi connectivity index (χ1n) is 9.13. The number of carbonyl (C=O) groups excluding carboxylic acids is 1. The van der Waals surface area contributed by atoms with E-state index < -0.39 is 0 Å². The maximum Gasteiger partial charge on any atom is 0.252 e. The molecule has 0 bridgehead atoms. The molecule has 1 aliphatic rings. The molecule has 0 aromatic heterocycles. The van der Waals surface area contributed by atoms with E-state index >= 15 is 0 Å². The maximum absolute atomic E-state index is 12.3.